The average molecular weight is 419 g/mol. The number of ether oxygens (including phenoxy) is 1. The van der Waals surface area contributed by atoms with Crippen LogP contribution in [0.5, 0.6) is 0 Å². The fourth-order valence-electron chi connectivity index (χ4n) is 3.55. The van der Waals surface area contributed by atoms with E-state index in [1.807, 2.05) is 36.0 Å². The topological polar surface area (TPSA) is 124 Å². The number of anilines is 1. The van der Waals surface area contributed by atoms with Gasteiger partial charge in [0.1, 0.15) is 12.0 Å². The molecule has 10 heteroatoms. The molecule has 31 heavy (non-hydrogen) atoms. The summed E-state index contributed by atoms with van der Waals surface area (Å²) in [6.45, 7) is 2.70. The van der Waals surface area contributed by atoms with Gasteiger partial charge in [-0.05, 0) is 31.9 Å². The van der Waals surface area contributed by atoms with Gasteiger partial charge in [-0.1, -0.05) is 6.07 Å². The smallest absolute Gasteiger partial charge is 0.277 e. The Kier molecular flexibility index (Phi) is 5.04. The zero-order valence-corrected chi connectivity index (χ0v) is 16.9. The minimum Gasteiger partial charge on any atom is -0.444 e. The molecule has 158 valence electrons. The van der Waals surface area contributed by atoms with Crippen molar-refractivity contribution in [3.05, 3.63) is 54.9 Å². The molecule has 1 amide bonds. The van der Waals surface area contributed by atoms with Crippen LogP contribution < -0.4 is 5.32 Å². The first-order chi connectivity index (χ1) is 15.2. The molecule has 0 unspecified atom stereocenters. The van der Waals surface area contributed by atoms with E-state index in [0.29, 0.717) is 35.1 Å². The standard InChI is InChI=1S/C21H21N7O3/c1-2-30-15-7-14(8-15)28-11-17(19(27-28)16-5-3-4-6-22-16)25-20(29)18-12-31-21(26-18)13-9-23-24-10-13/h3-6,9-12,14-15H,2,7-8H2,1H3,(H,23,24)(H,25,29)/t14-,15+. The Hall–Kier alpha value is -3.79. The third kappa shape index (κ3) is 3.84. The number of carbonyl (C=O) groups excluding carboxylic acids is 1. The summed E-state index contributed by atoms with van der Waals surface area (Å²) in [6.07, 6.45) is 10.1. The number of oxazole rings is 1. The summed E-state index contributed by atoms with van der Waals surface area (Å²) in [5.41, 5.74) is 2.67. The number of carbonyl (C=O) groups is 1. The zero-order valence-electron chi connectivity index (χ0n) is 16.9. The predicted molar refractivity (Wildman–Crippen MR) is 111 cm³/mol. The van der Waals surface area contributed by atoms with Crippen molar-refractivity contribution in [2.24, 2.45) is 0 Å². The molecule has 0 spiro atoms. The highest BCUT2D eigenvalue weighted by Crippen LogP contribution is 2.36. The molecular formula is C21H21N7O3. The lowest BCUT2D eigenvalue weighted by Gasteiger charge is -2.34. The highest BCUT2D eigenvalue weighted by Gasteiger charge is 2.32. The van der Waals surface area contributed by atoms with Crippen LogP contribution >= 0.6 is 0 Å². The van der Waals surface area contributed by atoms with Gasteiger partial charge in [-0.2, -0.15) is 10.2 Å². The quantitative estimate of drug-likeness (QED) is 0.471. The van der Waals surface area contributed by atoms with Crippen LogP contribution in [0.1, 0.15) is 36.3 Å². The van der Waals surface area contributed by atoms with Crippen LogP contribution in [0.15, 0.2) is 53.7 Å². The van der Waals surface area contributed by atoms with Gasteiger partial charge in [0.05, 0.1) is 35.3 Å². The van der Waals surface area contributed by atoms with E-state index in [1.165, 1.54) is 6.26 Å². The Morgan fingerprint density at radius 1 is 1.39 bits per heavy atom. The number of aromatic amines is 1. The summed E-state index contributed by atoms with van der Waals surface area (Å²) >= 11 is 0. The van der Waals surface area contributed by atoms with Crippen molar-refractivity contribution in [3.63, 3.8) is 0 Å². The molecule has 0 saturated heterocycles. The van der Waals surface area contributed by atoms with Crippen LogP contribution in [0.4, 0.5) is 5.69 Å². The fourth-order valence-corrected chi connectivity index (χ4v) is 3.55. The minimum atomic E-state index is -0.393. The minimum absolute atomic E-state index is 0.163. The lowest BCUT2D eigenvalue weighted by molar-refractivity contribution is -0.0226. The molecule has 10 nitrogen and oxygen atoms in total. The van der Waals surface area contributed by atoms with Gasteiger partial charge in [-0.15, -0.1) is 0 Å². The maximum atomic E-state index is 12.8. The molecule has 0 aromatic carbocycles. The van der Waals surface area contributed by atoms with E-state index in [0.717, 1.165) is 12.8 Å². The van der Waals surface area contributed by atoms with Crippen LogP contribution in [0, 0.1) is 0 Å². The number of hydrogen-bond acceptors (Lipinski definition) is 7. The molecule has 4 aromatic heterocycles. The van der Waals surface area contributed by atoms with Crippen molar-refractivity contribution >= 4 is 11.6 Å². The molecule has 4 heterocycles. The molecular weight excluding hydrogens is 398 g/mol. The third-order valence-corrected chi connectivity index (χ3v) is 5.22. The lowest BCUT2D eigenvalue weighted by Crippen LogP contribution is -2.33. The number of aromatic nitrogens is 6. The van der Waals surface area contributed by atoms with E-state index in [-0.39, 0.29) is 17.8 Å². The van der Waals surface area contributed by atoms with Gasteiger partial charge in [0.25, 0.3) is 5.91 Å². The molecule has 0 atom stereocenters. The Labute approximate surface area is 177 Å². The van der Waals surface area contributed by atoms with E-state index >= 15 is 0 Å². The molecule has 5 rings (SSSR count). The molecule has 1 saturated carbocycles. The molecule has 1 aliphatic rings. The molecule has 0 aliphatic heterocycles. The number of rotatable bonds is 7. The Morgan fingerprint density at radius 2 is 2.29 bits per heavy atom. The number of hydrogen-bond donors (Lipinski definition) is 2. The molecule has 4 aromatic rings. The maximum Gasteiger partial charge on any atom is 0.277 e. The van der Waals surface area contributed by atoms with Crippen LogP contribution in [0.2, 0.25) is 0 Å². The predicted octanol–water partition coefficient (Wildman–Crippen LogP) is 3.32. The summed E-state index contributed by atoms with van der Waals surface area (Å²) < 4.78 is 13.0. The SMILES string of the molecule is CCO[C@H]1C[C@@H](n2cc(NC(=O)c3coc(-c4cn[nH]c4)n3)c(-c3ccccn3)n2)C1. The summed E-state index contributed by atoms with van der Waals surface area (Å²) in [5.74, 6) is -0.0768. The van der Waals surface area contributed by atoms with E-state index in [4.69, 9.17) is 14.3 Å². The van der Waals surface area contributed by atoms with Gasteiger partial charge >= 0.3 is 0 Å². The van der Waals surface area contributed by atoms with E-state index < -0.39 is 5.91 Å². The number of nitrogens with one attached hydrogen (secondary N) is 2. The number of nitrogens with zero attached hydrogens (tertiary/aromatic N) is 5. The largest absolute Gasteiger partial charge is 0.444 e. The van der Waals surface area contributed by atoms with Crippen molar-refractivity contribution in [3.8, 4) is 22.8 Å². The highest BCUT2D eigenvalue weighted by atomic mass is 16.5. The van der Waals surface area contributed by atoms with Gasteiger partial charge in [0, 0.05) is 25.2 Å². The Bertz CT molecular complexity index is 1160. The normalized spacial score (nSPS) is 18.0. The Morgan fingerprint density at radius 3 is 3.03 bits per heavy atom. The number of pyridine rings is 1. The van der Waals surface area contributed by atoms with Gasteiger partial charge in [0.2, 0.25) is 5.89 Å². The van der Waals surface area contributed by atoms with Gasteiger partial charge in [-0.3, -0.25) is 19.6 Å². The maximum absolute atomic E-state index is 12.8. The van der Waals surface area contributed by atoms with Crippen LogP contribution in [0.25, 0.3) is 22.8 Å². The van der Waals surface area contributed by atoms with Crippen LogP contribution in [0.3, 0.4) is 0 Å². The lowest BCUT2D eigenvalue weighted by atomic mass is 9.89. The second kappa shape index (κ2) is 8.15. The highest BCUT2D eigenvalue weighted by molar-refractivity contribution is 6.04. The van der Waals surface area contributed by atoms with Gasteiger partial charge < -0.3 is 14.5 Å². The first-order valence-corrected chi connectivity index (χ1v) is 10.1. The first-order valence-electron chi connectivity index (χ1n) is 10.1. The van der Waals surface area contributed by atoms with Crippen molar-refractivity contribution in [1.29, 1.82) is 0 Å². The van der Waals surface area contributed by atoms with E-state index in [9.17, 15) is 4.79 Å². The first kappa shape index (κ1) is 19.2. The molecule has 1 aliphatic carbocycles. The fraction of sp³-hybridized carbons (Fsp3) is 0.286. The molecule has 0 bridgehead atoms. The van der Waals surface area contributed by atoms with Gasteiger partial charge in [0.15, 0.2) is 5.69 Å². The van der Waals surface area contributed by atoms with Crippen molar-refractivity contribution in [2.45, 2.75) is 31.9 Å². The molecule has 0 radical (unpaired) electrons. The summed E-state index contributed by atoms with van der Waals surface area (Å²) in [5, 5.41) is 14.2. The number of amides is 1. The molecule has 2 N–H and O–H groups in total. The van der Waals surface area contributed by atoms with Crippen LogP contribution in [-0.2, 0) is 4.74 Å². The third-order valence-electron chi connectivity index (χ3n) is 5.22. The number of H-pyrrole nitrogens is 1. The van der Waals surface area contributed by atoms with E-state index in [2.05, 4.69) is 25.5 Å². The summed E-state index contributed by atoms with van der Waals surface area (Å²) in [6, 6.07) is 5.81. The average Bonchev–Trinajstić information content (AvgIpc) is 3.51. The zero-order chi connectivity index (χ0) is 21.2. The van der Waals surface area contributed by atoms with Crippen molar-refractivity contribution in [2.75, 3.05) is 11.9 Å². The Balaban J connectivity index is 1.39. The van der Waals surface area contributed by atoms with Crippen molar-refractivity contribution in [1.82, 2.24) is 29.9 Å². The monoisotopic (exact) mass is 419 g/mol. The van der Waals surface area contributed by atoms with E-state index in [1.54, 1.807) is 18.6 Å². The summed E-state index contributed by atoms with van der Waals surface area (Å²) in [4.78, 5) is 21.5. The van der Waals surface area contributed by atoms with Crippen LogP contribution in [-0.4, -0.2) is 48.6 Å². The second-order valence-electron chi connectivity index (χ2n) is 7.27. The van der Waals surface area contributed by atoms with Crippen molar-refractivity contribution < 1.29 is 13.9 Å². The second-order valence-corrected chi connectivity index (χ2v) is 7.27. The summed E-state index contributed by atoms with van der Waals surface area (Å²) in [7, 11) is 0. The molecule has 1 fully saturated rings. The van der Waals surface area contributed by atoms with Gasteiger partial charge in [-0.25, -0.2) is 4.98 Å².